The fourth-order valence-electron chi connectivity index (χ4n) is 5.55. The molecule has 0 atom stereocenters. The zero-order chi connectivity index (χ0) is 35.7. The summed E-state index contributed by atoms with van der Waals surface area (Å²) in [4.78, 5) is 55.4. The monoisotopic (exact) mass is 727 g/mol. The molecule has 50 heavy (non-hydrogen) atoms. The molecule has 0 aliphatic carbocycles. The minimum absolute atomic E-state index is 0.0330. The largest absolute Gasteiger partial charge is 0.466 e. The Labute approximate surface area is 304 Å². The number of nitrogens with one attached hydrogen (secondary N) is 2. The molecule has 14 heteroatoms. The number of carbonyl (C=O) groups excluding carboxylic acids is 3. The van der Waals surface area contributed by atoms with Crippen LogP contribution in [0, 0.1) is 13.8 Å². The van der Waals surface area contributed by atoms with Crippen molar-refractivity contribution in [1.29, 1.82) is 0 Å². The summed E-state index contributed by atoms with van der Waals surface area (Å²) in [6, 6.07) is 7.33. The lowest BCUT2D eigenvalue weighted by Crippen LogP contribution is -2.47. The van der Waals surface area contributed by atoms with Crippen LogP contribution in [0.3, 0.4) is 0 Å². The van der Waals surface area contributed by atoms with Gasteiger partial charge in [0.15, 0.2) is 5.13 Å². The highest BCUT2D eigenvalue weighted by Gasteiger charge is 2.20. The number of carbonyl (C=O) groups is 3. The molecule has 0 unspecified atom stereocenters. The summed E-state index contributed by atoms with van der Waals surface area (Å²) in [5, 5.41) is 7.09. The molecule has 4 rings (SSSR count). The van der Waals surface area contributed by atoms with E-state index in [1.54, 1.807) is 6.07 Å². The second-order valence-electron chi connectivity index (χ2n) is 12.4. The molecule has 2 N–H and O–H groups in total. The Hall–Kier alpha value is -3.81. The number of aromatic nitrogens is 3. The van der Waals surface area contributed by atoms with Gasteiger partial charge in [-0.25, -0.2) is 15.0 Å². The molecule has 12 nitrogen and oxygen atoms in total. The SMILES string of the molecule is CCCCCCCCCCOC(=O)CCC(=O)OCCN1CCN(c2cc(Nc3ncc(C(=O)Nc4c(C)cccc4Cl)s3)nc(C)n2)CC1. The molecule has 1 aliphatic rings. The average Bonchev–Trinajstić information content (AvgIpc) is 3.57. The number of thiazole rings is 1. The van der Waals surface area contributed by atoms with Gasteiger partial charge >= 0.3 is 11.9 Å². The fourth-order valence-corrected chi connectivity index (χ4v) is 6.54. The van der Waals surface area contributed by atoms with E-state index in [0.29, 0.717) is 45.5 Å². The van der Waals surface area contributed by atoms with Gasteiger partial charge in [0.05, 0.1) is 36.4 Å². The number of anilines is 4. The first-order valence-electron chi connectivity index (χ1n) is 17.7. The molecular formula is C36H50ClN7O5S. The lowest BCUT2D eigenvalue weighted by molar-refractivity contribution is -0.150. The smallest absolute Gasteiger partial charge is 0.306 e. The number of hydrogen-bond acceptors (Lipinski definition) is 12. The molecule has 1 fully saturated rings. The Morgan fingerprint density at radius 2 is 1.58 bits per heavy atom. The van der Waals surface area contributed by atoms with Crippen molar-refractivity contribution in [3.8, 4) is 0 Å². The number of aryl methyl sites for hydroxylation is 2. The minimum atomic E-state index is -0.382. The summed E-state index contributed by atoms with van der Waals surface area (Å²) in [5.74, 6) is 0.977. The predicted molar refractivity (Wildman–Crippen MR) is 199 cm³/mol. The molecule has 1 aliphatic heterocycles. The first-order valence-corrected chi connectivity index (χ1v) is 18.8. The standard InChI is InChI=1S/C36H50ClN7O5S/c1-4-5-6-7-8-9-10-11-22-48-32(45)15-16-33(46)49-23-21-43-17-19-44(20-18-43)31-24-30(39-27(3)40-31)41-36-38-25-29(50-36)35(47)42-34-26(2)13-12-14-28(34)37/h12-14,24-25H,4-11,15-23H2,1-3H3,(H,42,47)(H,38,39,40,41). The summed E-state index contributed by atoms with van der Waals surface area (Å²) < 4.78 is 10.7. The third-order valence-electron chi connectivity index (χ3n) is 8.41. The van der Waals surface area contributed by atoms with Gasteiger partial charge in [-0.3, -0.25) is 19.3 Å². The van der Waals surface area contributed by atoms with Crippen LogP contribution in [0.15, 0.2) is 30.5 Å². The number of piperazine rings is 1. The number of benzene rings is 1. The second kappa shape index (κ2) is 20.8. The van der Waals surface area contributed by atoms with Crippen molar-refractivity contribution >= 4 is 63.2 Å². The number of nitrogens with zero attached hydrogens (tertiary/aromatic N) is 5. The first-order chi connectivity index (χ1) is 24.2. The van der Waals surface area contributed by atoms with E-state index in [1.807, 2.05) is 32.0 Å². The van der Waals surface area contributed by atoms with Crippen LogP contribution in [0.2, 0.25) is 5.02 Å². The maximum Gasteiger partial charge on any atom is 0.306 e. The van der Waals surface area contributed by atoms with Gasteiger partial charge in [-0.15, -0.1) is 0 Å². The Morgan fingerprint density at radius 3 is 2.28 bits per heavy atom. The number of amides is 1. The Bertz CT molecular complexity index is 1530. The van der Waals surface area contributed by atoms with Crippen LogP contribution in [0.4, 0.5) is 22.5 Å². The molecule has 0 saturated carbocycles. The molecule has 1 amide bonds. The van der Waals surface area contributed by atoms with Gasteiger partial charge in [0.1, 0.15) is 28.9 Å². The highest BCUT2D eigenvalue weighted by atomic mass is 35.5. The maximum atomic E-state index is 12.9. The number of para-hydroxylation sites is 1. The van der Waals surface area contributed by atoms with Crippen molar-refractivity contribution in [1.82, 2.24) is 19.9 Å². The van der Waals surface area contributed by atoms with Crippen molar-refractivity contribution in [2.75, 3.05) is 61.5 Å². The summed E-state index contributed by atoms with van der Waals surface area (Å²) in [6.45, 7) is 10.3. The van der Waals surface area contributed by atoms with E-state index >= 15 is 0 Å². The predicted octanol–water partition coefficient (Wildman–Crippen LogP) is 7.33. The first kappa shape index (κ1) is 39.0. The van der Waals surface area contributed by atoms with Crippen LogP contribution in [-0.4, -0.2) is 83.6 Å². The topological polar surface area (TPSA) is 139 Å². The molecule has 3 aromatic rings. The molecule has 0 radical (unpaired) electrons. The summed E-state index contributed by atoms with van der Waals surface area (Å²) in [6.07, 6.45) is 11.1. The zero-order valence-electron chi connectivity index (χ0n) is 29.5. The van der Waals surface area contributed by atoms with Crippen LogP contribution < -0.4 is 15.5 Å². The highest BCUT2D eigenvalue weighted by Crippen LogP contribution is 2.28. The van der Waals surface area contributed by atoms with Crippen LogP contribution >= 0.6 is 22.9 Å². The van der Waals surface area contributed by atoms with E-state index in [2.05, 4.69) is 42.3 Å². The molecule has 1 saturated heterocycles. The highest BCUT2D eigenvalue weighted by molar-refractivity contribution is 7.17. The Morgan fingerprint density at radius 1 is 0.900 bits per heavy atom. The van der Waals surface area contributed by atoms with Crippen LogP contribution in [0.5, 0.6) is 0 Å². The number of halogens is 1. The molecule has 0 bridgehead atoms. The summed E-state index contributed by atoms with van der Waals surface area (Å²) in [5.41, 5.74) is 1.45. The van der Waals surface area contributed by atoms with Gasteiger partial charge in [-0.2, -0.15) is 0 Å². The molecule has 272 valence electrons. The van der Waals surface area contributed by atoms with Crippen molar-refractivity contribution < 1.29 is 23.9 Å². The lowest BCUT2D eigenvalue weighted by Gasteiger charge is -2.35. The van der Waals surface area contributed by atoms with Gasteiger partial charge in [-0.05, 0) is 31.9 Å². The van der Waals surface area contributed by atoms with E-state index in [0.717, 1.165) is 50.4 Å². The van der Waals surface area contributed by atoms with Gasteiger partial charge in [-0.1, -0.05) is 86.9 Å². The Kier molecular flexibility index (Phi) is 16.2. The Balaban J connectivity index is 1.12. The van der Waals surface area contributed by atoms with Crippen molar-refractivity contribution in [3.63, 3.8) is 0 Å². The summed E-state index contributed by atoms with van der Waals surface area (Å²) in [7, 11) is 0. The minimum Gasteiger partial charge on any atom is -0.466 e. The van der Waals surface area contributed by atoms with E-state index in [4.69, 9.17) is 21.1 Å². The molecular weight excluding hydrogens is 678 g/mol. The average molecular weight is 728 g/mol. The number of unbranched alkanes of at least 4 members (excludes halogenated alkanes) is 7. The second-order valence-corrected chi connectivity index (χ2v) is 13.9. The van der Waals surface area contributed by atoms with E-state index in [-0.39, 0.29) is 37.3 Å². The fraction of sp³-hybridized carbons (Fsp3) is 0.556. The number of rotatable bonds is 20. The van der Waals surface area contributed by atoms with Crippen LogP contribution in [0.1, 0.15) is 92.2 Å². The quantitative estimate of drug-likeness (QED) is 0.0894. The zero-order valence-corrected chi connectivity index (χ0v) is 31.0. The number of hydrogen-bond donors (Lipinski definition) is 2. The van der Waals surface area contributed by atoms with Gasteiger partial charge in [0.25, 0.3) is 5.91 Å². The van der Waals surface area contributed by atoms with Crippen molar-refractivity contribution in [3.05, 3.63) is 51.7 Å². The van der Waals surface area contributed by atoms with Crippen molar-refractivity contribution in [2.24, 2.45) is 0 Å². The number of ether oxygens (including phenoxy) is 2. The van der Waals surface area contributed by atoms with Crippen LogP contribution in [-0.2, 0) is 19.1 Å². The summed E-state index contributed by atoms with van der Waals surface area (Å²) >= 11 is 7.49. The molecule has 3 heterocycles. The lowest BCUT2D eigenvalue weighted by atomic mass is 10.1. The van der Waals surface area contributed by atoms with Gasteiger partial charge in [0.2, 0.25) is 0 Å². The molecule has 2 aromatic heterocycles. The van der Waals surface area contributed by atoms with Crippen molar-refractivity contribution in [2.45, 2.75) is 85.0 Å². The van der Waals surface area contributed by atoms with Crippen LogP contribution in [0.25, 0.3) is 0 Å². The third-order valence-corrected chi connectivity index (χ3v) is 9.64. The maximum absolute atomic E-state index is 12.9. The molecule has 0 spiro atoms. The van der Waals surface area contributed by atoms with E-state index in [1.165, 1.54) is 56.1 Å². The van der Waals surface area contributed by atoms with E-state index < -0.39 is 0 Å². The molecule has 1 aromatic carbocycles. The van der Waals surface area contributed by atoms with Gasteiger partial charge < -0.3 is 25.0 Å². The van der Waals surface area contributed by atoms with E-state index in [9.17, 15) is 14.4 Å². The number of esters is 2. The van der Waals surface area contributed by atoms with Gasteiger partial charge in [0, 0.05) is 38.8 Å². The third kappa shape index (κ3) is 13.1. The normalized spacial score (nSPS) is 13.2.